The molecule has 3 heterocycles. The number of carbonyl (C=O) groups is 3. The molecule has 0 aromatic rings. The molecule has 0 radical (unpaired) electrons. The van der Waals surface area contributed by atoms with Crippen LogP contribution in [0.3, 0.4) is 0 Å². The lowest BCUT2D eigenvalue weighted by atomic mass is 9.88. The number of rotatable bonds is 13. The first-order valence-corrected chi connectivity index (χ1v) is 14.4. The van der Waals surface area contributed by atoms with Gasteiger partial charge in [0.15, 0.2) is 12.6 Å². The Bertz CT molecular complexity index is 1070. The first-order valence-electron chi connectivity index (χ1n) is 14.4. The molecule has 3 aliphatic rings. The van der Waals surface area contributed by atoms with E-state index >= 15 is 0 Å². The van der Waals surface area contributed by atoms with Crippen molar-refractivity contribution in [1.82, 2.24) is 10.6 Å². The largest absolute Gasteiger partial charge is 0.477 e. The van der Waals surface area contributed by atoms with Crippen LogP contribution in [0.15, 0.2) is 0 Å². The van der Waals surface area contributed by atoms with Gasteiger partial charge in [-0.25, -0.2) is 4.79 Å². The highest BCUT2D eigenvalue weighted by Gasteiger charge is 2.57. The first-order chi connectivity index (χ1) is 22.0. The summed E-state index contributed by atoms with van der Waals surface area (Å²) in [7, 11) is 0. The highest BCUT2D eigenvalue weighted by molar-refractivity contribution is 5.78. The molecule has 0 bridgehead atoms. The third-order valence-electron chi connectivity index (χ3n) is 7.97. The van der Waals surface area contributed by atoms with Crippen molar-refractivity contribution in [3.63, 3.8) is 0 Å². The summed E-state index contributed by atoms with van der Waals surface area (Å²) in [5.41, 5.74) is 0. The van der Waals surface area contributed by atoms with Crippen molar-refractivity contribution in [3.05, 3.63) is 0 Å². The quantitative estimate of drug-likeness (QED) is 0.0852. The van der Waals surface area contributed by atoms with E-state index in [2.05, 4.69) is 10.6 Å². The number of aliphatic hydroxyl groups excluding tert-OH is 11. The minimum Gasteiger partial charge on any atom is -0.477 e. The molecule has 14 N–H and O–H groups in total. The van der Waals surface area contributed by atoms with Gasteiger partial charge >= 0.3 is 5.97 Å². The van der Waals surface area contributed by atoms with Crippen LogP contribution in [0.2, 0.25) is 0 Å². The smallest absolute Gasteiger partial charge is 0.364 e. The highest BCUT2D eigenvalue weighted by Crippen LogP contribution is 2.35. The minimum absolute atomic E-state index is 0.713. The van der Waals surface area contributed by atoms with Crippen LogP contribution in [0.4, 0.5) is 0 Å². The summed E-state index contributed by atoms with van der Waals surface area (Å²) in [6.07, 6.45) is -25.6. The van der Waals surface area contributed by atoms with E-state index in [0.29, 0.717) is 0 Å². The second kappa shape index (κ2) is 16.4. The molecule has 0 spiro atoms. The van der Waals surface area contributed by atoms with Crippen LogP contribution < -0.4 is 10.6 Å². The number of aliphatic hydroxyl groups is 11. The van der Waals surface area contributed by atoms with E-state index in [9.17, 15) is 70.6 Å². The van der Waals surface area contributed by atoms with E-state index in [1.165, 1.54) is 0 Å². The van der Waals surface area contributed by atoms with Crippen molar-refractivity contribution in [1.29, 1.82) is 0 Å². The van der Waals surface area contributed by atoms with Gasteiger partial charge < -0.3 is 95.6 Å². The number of hydrogen-bond acceptors (Lipinski definition) is 19. The number of carboxylic acid groups (broad SMARTS) is 1. The summed E-state index contributed by atoms with van der Waals surface area (Å²) >= 11 is 0. The van der Waals surface area contributed by atoms with Gasteiger partial charge in [-0.15, -0.1) is 0 Å². The lowest BCUT2D eigenvalue weighted by Crippen LogP contribution is -2.69. The normalized spacial score (nSPS) is 42.3. The Morgan fingerprint density at radius 2 is 1.55 bits per heavy atom. The fraction of sp³-hybridized carbons (Fsp3) is 0.880. The van der Waals surface area contributed by atoms with Crippen LogP contribution in [0, 0.1) is 0 Å². The van der Waals surface area contributed by atoms with Crippen LogP contribution in [-0.2, 0) is 38.1 Å². The van der Waals surface area contributed by atoms with Crippen LogP contribution in [-0.4, -0.2) is 203 Å². The maximum absolute atomic E-state index is 12.4. The van der Waals surface area contributed by atoms with Gasteiger partial charge in [0.05, 0.1) is 32.0 Å². The monoisotopic (exact) mass is 690 g/mol. The topological polar surface area (TPSA) is 364 Å². The molecule has 272 valence electrons. The summed E-state index contributed by atoms with van der Waals surface area (Å²) in [5.74, 6) is -6.63. The fourth-order valence-corrected chi connectivity index (χ4v) is 5.45. The van der Waals surface area contributed by atoms with Crippen molar-refractivity contribution < 1.29 is 99.3 Å². The third kappa shape index (κ3) is 8.69. The number of carbonyl (C=O) groups excluding carboxylic acids is 2. The van der Waals surface area contributed by atoms with Crippen LogP contribution in [0.1, 0.15) is 13.3 Å². The van der Waals surface area contributed by atoms with Gasteiger partial charge in [-0.05, 0) is 0 Å². The Hall–Kier alpha value is -2.23. The zero-order valence-electron chi connectivity index (χ0n) is 24.8. The number of amides is 2. The summed E-state index contributed by atoms with van der Waals surface area (Å²) in [6, 6.07) is -3.15. The molecular formula is C25H42N2O20. The van der Waals surface area contributed by atoms with Gasteiger partial charge in [-0.2, -0.15) is 0 Å². The second-order valence-electron chi connectivity index (χ2n) is 11.3. The molecular weight excluding hydrogens is 648 g/mol. The Morgan fingerprint density at radius 1 is 0.894 bits per heavy atom. The van der Waals surface area contributed by atoms with Gasteiger partial charge in [-0.1, -0.05) is 0 Å². The molecule has 3 rings (SSSR count). The Kier molecular flexibility index (Phi) is 13.7. The molecule has 2 amide bonds. The van der Waals surface area contributed by atoms with Crippen molar-refractivity contribution >= 4 is 17.8 Å². The molecule has 3 aliphatic heterocycles. The Balaban J connectivity index is 1.85. The zero-order valence-corrected chi connectivity index (χ0v) is 24.8. The maximum Gasteiger partial charge on any atom is 0.364 e. The van der Waals surface area contributed by atoms with Gasteiger partial charge in [-0.3, -0.25) is 9.59 Å². The highest BCUT2D eigenvalue weighted by atomic mass is 16.8. The molecule has 1 unspecified atom stereocenters. The SMILES string of the molecule is CC(=O)N[C@H]1C(O)O[C@H](CO)[C@H](O)[C@@H]1O[C@@H]1O[C@H](CO[C@]2(C(=O)O)C[C@H](O)[C@@H](NC(=O)CO)[C@H]([C@H](O)[C@H](O)CO)O2)[C@H](O)[C@H](O)[C@H]1O. The van der Waals surface area contributed by atoms with Crippen molar-refractivity contribution in [2.45, 2.75) is 111 Å². The molecule has 47 heavy (non-hydrogen) atoms. The summed E-state index contributed by atoms with van der Waals surface area (Å²) in [5, 5.41) is 126. The van der Waals surface area contributed by atoms with Crippen molar-refractivity contribution in [2.75, 3.05) is 26.4 Å². The third-order valence-corrected chi connectivity index (χ3v) is 7.97. The molecule has 22 heteroatoms. The molecule has 0 aromatic carbocycles. The summed E-state index contributed by atoms with van der Waals surface area (Å²) in [6.45, 7) is -2.93. The van der Waals surface area contributed by atoms with E-state index in [1.807, 2.05) is 0 Å². The van der Waals surface area contributed by atoms with Gasteiger partial charge in [0.25, 0.3) is 5.79 Å². The second-order valence-corrected chi connectivity index (χ2v) is 11.3. The van der Waals surface area contributed by atoms with E-state index in [1.54, 1.807) is 0 Å². The fourth-order valence-electron chi connectivity index (χ4n) is 5.45. The van der Waals surface area contributed by atoms with Crippen molar-refractivity contribution in [3.8, 4) is 0 Å². The average molecular weight is 691 g/mol. The molecule has 3 saturated heterocycles. The predicted octanol–water partition coefficient (Wildman–Crippen LogP) is -9.11. The molecule has 3 fully saturated rings. The number of ether oxygens (including phenoxy) is 5. The summed E-state index contributed by atoms with van der Waals surface area (Å²) in [4.78, 5) is 36.0. The van der Waals surface area contributed by atoms with E-state index in [4.69, 9.17) is 28.8 Å². The van der Waals surface area contributed by atoms with Gasteiger partial charge in [0.2, 0.25) is 11.8 Å². The number of aliphatic carboxylic acids is 1. The number of hydrogen-bond donors (Lipinski definition) is 14. The van der Waals surface area contributed by atoms with Gasteiger partial charge in [0.1, 0.15) is 73.7 Å². The molecule has 22 nitrogen and oxygen atoms in total. The lowest BCUT2D eigenvalue weighted by molar-refractivity contribution is -0.356. The first kappa shape index (κ1) is 39.2. The van der Waals surface area contributed by atoms with E-state index < -0.39 is 148 Å². The van der Waals surface area contributed by atoms with Gasteiger partial charge in [0, 0.05) is 13.3 Å². The zero-order chi connectivity index (χ0) is 35.4. The molecule has 0 aromatic heterocycles. The molecule has 0 aliphatic carbocycles. The van der Waals surface area contributed by atoms with Crippen LogP contribution in [0.5, 0.6) is 0 Å². The lowest BCUT2D eigenvalue weighted by Gasteiger charge is -2.48. The summed E-state index contributed by atoms with van der Waals surface area (Å²) < 4.78 is 27.1. The number of carboxylic acids is 1. The van der Waals surface area contributed by atoms with E-state index in [0.717, 1.165) is 6.92 Å². The van der Waals surface area contributed by atoms with Crippen LogP contribution in [0.25, 0.3) is 0 Å². The minimum atomic E-state index is -2.91. The predicted molar refractivity (Wildman–Crippen MR) is 143 cm³/mol. The Morgan fingerprint density at radius 3 is 2.11 bits per heavy atom. The van der Waals surface area contributed by atoms with Crippen molar-refractivity contribution in [2.24, 2.45) is 0 Å². The van der Waals surface area contributed by atoms with Crippen LogP contribution >= 0.6 is 0 Å². The Labute approximate surface area is 265 Å². The van der Waals surface area contributed by atoms with E-state index in [-0.39, 0.29) is 0 Å². The molecule has 16 atom stereocenters. The maximum atomic E-state index is 12.4. The number of nitrogens with one attached hydrogen (secondary N) is 2. The average Bonchev–Trinajstić information content (AvgIpc) is 3.03. The molecule has 0 saturated carbocycles. The standard InChI is InChI=1S/C25H42N2O20/c1-7(31)26-14-20(17(37)10(4-29)44-22(14)40)46-23-19(39)18(38)16(36)11(45-23)6-43-25(24(41)42)2-8(32)13(27-12(34)5-30)21(47-25)15(35)9(33)3-28/h8-11,13-23,28-30,32-33,35-40H,2-6H2,1H3,(H,26,31)(H,27,34)(H,41,42)/t8-,9+,10+,11+,13+,14+,15+,16-,17-,18-,19+,20+,21+,22?,23-,25+/m0/s1.